The van der Waals surface area contributed by atoms with Crippen LogP contribution in [0.3, 0.4) is 0 Å². The molecule has 1 heterocycles. The number of nitrogens with zero attached hydrogens (tertiary/aromatic N) is 3. The Morgan fingerprint density at radius 3 is 2.52 bits per heavy atom. The van der Waals surface area contributed by atoms with Crippen LogP contribution < -0.4 is 0 Å². The quantitative estimate of drug-likeness (QED) is 0.886. The van der Waals surface area contributed by atoms with E-state index in [9.17, 15) is 5.11 Å². The van der Waals surface area contributed by atoms with Crippen LogP contribution in [0, 0.1) is 12.8 Å². The van der Waals surface area contributed by atoms with Crippen LogP contribution in [0.4, 0.5) is 0 Å². The van der Waals surface area contributed by atoms with Gasteiger partial charge < -0.3 is 5.11 Å². The minimum Gasteiger partial charge on any atom is -0.390 e. The largest absolute Gasteiger partial charge is 0.390 e. The predicted octanol–water partition coefficient (Wildman–Crippen LogP) is 3.30. The van der Waals surface area contributed by atoms with Crippen molar-refractivity contribution in [1.29, 1.82) is 0 Å². The molecule has 2 aromatic rings. The first-order valence-corrected chi connectivity index (χ1v) is 7.38. The first-order chi connectivity index (χ1) is 10.1. The highest BCUT2D eigenvalue weighted by Gasteiger charge is 2.09. The van der Waals surface area contributed by atoms with Gasteiger partial charge in [-0.2, -0.15) is 0 Å². The third kappa shape index (κ3) is 4.26. The summed E-state index contributed by atoms with van der Waals surface area (Å²) >= 11 is 0. The second-order valence-corrected chi connectivity index (χ2v) is 5.73. The highest BCUT2D eigenvalue weighted by atomic mass is 16.3. The van der Waals surface area contributed by atoms with E-state index < -0.39 is 0 Å². The average Bonchev–Trinajstić information content (AvgIpc) is 2.86. The average molecular weight is 285 g/mol. The van der Waals surface area contributed by atoms with Crippen molar-refractivity contribution in [2.45, 2.75) is 40.3 Å². The molecule has 0 aliphatic heterocycles. The van der Waals surface area contributed by atoms with E-state index in [0.29, 0.717) is 11.6 Å². The monoisotopic (exact) mass is 285 g/mol. The number of aliphatic hydroxyl groups is 1. The standard InChI is InChI=1S/C17H23N3O/c1-13(2)10-11-20-17(16(12-21)18-19-20)9-8-15-6-4-14(3)5-7-15/h4-9,13,21H,10-12H2,1-3H3/b9-8+. The second kappa shape index (κ2) is 7.18. The zero-order valence-electron chi connectivity index (χ0n) is 13.0. The van der Waals surface area contributed by atoms with Gasteiger partial charge in [0.05, 0.1) is 12.3 Å². The van der Waals surface area contributed by atoms with Crippen LogP contribution in [0.1, 0.15) is 42.8 Å². The fourth-order valence-corrected chi connectivity index (χ4v) is 2.05. The second-order valence-electron chi connectivity index (χ2n) is 5.73. The molecule has 0 bridgehead atoms. The molecule has 1 N–H and O–H groups in total. The first kappa shape index (κ1) is 15.4. The first-order valence-electron chi connectivity index (χ1n) is 7.38. The van der Waals surface area contributed by atoms with Crippen LogP contribution >= 0.6 is 0 Å². The van der Waals surface area contributed by atoms with Crippen molar-refractivity contribution in [3.8, 4) is 0 Å². The molecule has 4 heteroatoms. The lowest BCUT2D eigenvalue weighted by atomic mass is 10.1. The van der Waals surface area contributed by atoms with E-state index in [1.807, 2.05) is 16.8 Å². The minimum atomic E-state index is -0.0880. The third-order valence-corrected chi connectivity index (χ3v) is 3.43. The smallest absolute Gasteiger partial charge is 0.115 e. The molecule has 0 saturated carbocycles. The summed E-state index contributed by atoms with van der Waals surface area (Å²) in [5.74, 6) is 0.612. The summed E-state index contributed by atoms with van der Waals surface area (Å²) in [6.45, 7) is 7.17. The topological polar surface area (TPSA) is 50.9 Å². The van der Waals surface area contributed by atoms with Gasteiger partial charge in [-0.1, -0.05) is 55.0 Å². The molecule has 0 aliphatic carbocycles. The molecule has 0 spiro atoms. The Kier molecular flexibility index (Phi) is 5.28. The highest BCUT2D eigenvalue weighted by Crippen LogP contribution is 2.14. The maximum atomic E-state index is 9.39. The van der Waals surface area contributed by atoms with Gasteiger partial charge in [0.1, 0.15) is 5.69 Å². The molecule has 112 valence electrons. The molecule has 0 atom stereocenters. The molecule has 0 aliphatic rings. The number of aromatic nitrogens is 3. The highest BCUT2D eigenvalue weighted by molar-refractivity contribution is 5.69. The molecule has 0 radical (unpaired) electrons. The fraction of sp³-hybridized carbons (Fsp3) is 0.412. The number of hydrogen-bond donors (Lipinski definition) is 1. The van der Waals surface area contributed by atoms with Gasteiger partial charge in [0, 0.05) is 6.54 Å². The van der Waals surface area contributed by atoms with Gasteiger partial charge in [-0.15, -0.1) is 5.10 Å². The maximum absolute atomic E-state index is 9.39. The van der Waals surface area contributed by atoms with Crippen molar-refractivity contribution in [3.05, 3.63) is 46.8 Å². The Hall–Kier alpha value is -1.94. The third-order valence-electron chi connectivity index (χ3n) is 3.43. The summed E-state index contributed by atoms with van der Waals surface area (Å²) in [6.07, 6.45) is 5.05. The van der Waals surface area contributed by atoms with Crippen LogP contribution in [-0.2, 0) is 13.2 Å². The lowest BCUT2D eigenvalue weighted by Crippen LogP contribution is -2.05. The number of aryl methyl sites for hydroxylation is 2. The Balaban J connectivity index is 2.20. The summed E-state index contributed by atoms with van der Waals surface area (Å²) in [7, 11) is 0. The van der Waals surface area contributed by atoms with Crippen LogP contribution in [0.5, 0.6) is 0 Å². The van der Waals surface area contributed by atoms with Gasteiger partial charge >= 0.3 is 0 Å². The van der Waals surface area contributed by atoms with Gasteiger partial charge in [0.15, 0.2) is 0 Å². The Morgan fingerprint density at radius 1 is 1.19 bits per heavy atom. The predicted molar refractivity (Wildman–Crippen MR) is 85.5 cm³/mol. The van der Waals surface area contributed by atoms with Gasteiger partial charge in [-0.05, 0) is 30.9 Å². The van der Waals surface area contributed by atoms with Crippen LogP contribution in [-0.4, -0.2) is 20.1 Å². The number of benzene rings is 1. The van der Waals surface area contributed by atoms with E-state index in [2.05, 4.69) is 55.3 Å². The molecule has 4 nitrogen and oxygen atoms in total. The van der Waals surface area contributed by atoms with E-state index in [1.54, 1.807) is 0 Å². The maximum Gasteiger partial charge on any atom is 0.115 e. The van der Waals surface area contributed by atoms with E-state index in [1.165, 1.54) is 5.56 Å². The molecule has 1 aromatic carbocycles. The molecule has 0 fully saturated rings. The molecular weight excluding hydrogens is 262 g/mol. The van der Waals surface area contributed by atoms with Crippen LogP contribution in [0.15, 0.2) is 24.3 Å². The zero-order valence-corrected chi connectivity index (χ0v) is 13.0. The summed E-state index contributed by atoms with van der Waals surface area (Å²) in [5, 5.41) is 17.6. The summed E-state index contributed by atoms with van der Waals surface area (Å²) < 4.78 is 1.87. The SMILES string of the molecule is Cc1ccc(/C=C/c2c(CO)nnn2CCC(C)C)cc1. The molecule has 1 aromatic heterocycles. The van der Waals surface area contributed by atoms with Crippen molar-refractivity contribution in [2.24, 2.45) is 5.92 Å². The van der Waals surface area contributed by atoms with Crippen LogP contribution in [0.2, 0.25) is 0 Å². The normalized spacial score (nSPS) is 11.7. The van der Waals surface area contributed by atoms with E-state index in [4.69, 9.17) is 0 Å². The van der Waals surface area contributed by atoms with Gasteiger partial charge in [0.2, 0.25) is 0 Å². The van der Waals surface area contributed by atoms with Crippen molar-refractivity contribution < 1.29 is 5.11 Å². The summed E-state index contributed by atoms with van der Waals surface area (Å²) in [4.78, 5) is 0. The molecule has 2 rings (SSSR count). The summed E-state index contributed by atoms with van der Waals surface area (Å²) in [5.41, 5.74) is 3.88. The lowest BCUT2D eigenvalue weighted by molar-refractivity contribution is 0.276. The van der Waals surface area contributed by atoms with E-state index >= 15 is 0 Å². The van der Waals surface area contributed by atoms with Crippen molar-refractivity contribution in [2.75, 3.05) is 0 Å². The number of hydrogen-bond acceptors (Lipinski definition) is 3. The van der Waals surface area contributed by atoms with E-state index in [-0.39, 0.29) is 6.61 Å². The molecule has 0 saturated heterocycles. The number of aliphatic hydroxyl groups excluding tert-OH is 1. The van der Waals surface area contributed by atoms with Crippen molar-refractivity contribution >= 4 is 12.2 Å². The fourth-order valence-electron chi connectivity index (χ4n) is 2.05. The molecule has 0 amide bonds. The minimum absolute atomic E-state index is 0.0880. The zero-order chi connectivity index (χ0) is 15.2. The Labute approximate surface area is 126 Å². The Morgan fingerprint density at radius 2 is 1.90 bits per heavy atom. The van der Waals surface area contributed by atoms with Gasteiger partial charge in [-0.25, -0.2) is 4.68 Å². The lowest BCUT2D eigenvalue weighted by Gasteiger charge is -2.06. The molecule has 0 unspecified atom stereocenters. The van der Waals surface area contributed by atoms with Gasteiger partial charge in [-0.3, -0.25) is 0 Å². The van der Waals surface area contributed by atoms with Crippen LogP contribution in [0.25, 0.3) is 12.2 Å². The number of rotatable bonds is 6. The van der Waals surface area contributed by atoms with Gasteiger partial charge in [0.25, 0.3) is 0 Å². The van der Waals surface area contributed by atoms with E-state index in [0.717, 1.165) is 24.2 Å². The van der Waals surface area contributed by atoms with Crippen molar-refractivity contribution in [1.82, 2.24) is 15.0 Å². The van der Waals surface area contributed by atoms with Crippen molar-refractivity contribution in [3.63, 3.8) is 0 Å². The summed E-state index contributed by atoms with van der Waals surface area (Å²) in [6, 6.07) is 8.32. The molecular formula is C17H23N3O. The molecule has 21 heavy (non-hydrogen) atoms. The Bertz CT molecular complexity index is 597.